The van der Waals surface area contributed by atoms with Crippen molar-refractivity contribution in [2.45, 2.75) is 19.6 Å². The monoisotopic (exact) mass is 355 g/mol. The maximum Gasteiger partial charge on any atom is 0.191 e. The van der Waals surface area contributed by atoms with Crippen LogP contribution in [0.15, 0.2) is 53.5 Å². The first-order chi connectivity index (χ1) is 12.8. The molecule has 2 aromatic rings. The Labute approximate surface area is 154 Å². The molecule has 0 aromatic heterocycles. The van der Waals surface area contributed by atoms with Crippen molar-refractivity contribution in [1.29, 1.82) is 0 Å². The van der Waals surface area contributed by atoms with Gasteiger partial charge in [-0.3, -0.25) is 4.99 Å². The van der Waals surface area contributed by atoms with Crippen LogP contribution >= 0.6 is 0 Å². The molecule has 6 nitrogen and oxygen atoms in total. The normalized spacial score (nSPS) is 16.1. The highest BCUT2D eigenvalue weighted by molar-refractivity contribution is 5.79. The second kappa shape index (κ2) is 8.99. The van der Waals surface area contributed by atoms with E-state index in [1.165, 1.54) is 0 Å². The Bertz CT molecular complexity index is 749. The number of aliphatic imine (C=N–C) groups is 1. The molecule has 0 aliphatic carbocycles. The standard InChI is InChI=1S/C20H25N3O3/c1-3-24-16-8-6-7-15(11-16)12-22-20(21-2)23-13-17-14-25-18-9-4-5-10-19(18)26-17/h4-11,17H,3,12-14H2,1-2H3,(H2,21,22,23). The van der Waals surface area contributed by atoms with Crippen LogP contribution in [-0.4, -0.2) is 38.9 Å². The van der Waals surface area contributed by atoms with E-state index in [0.29, 0.717) is 32.3 Å². The summed E-state index contributed by atoms with van der Waals surface area (Å²) in [6.45, 7) is 4.41. The predicted molar refractivity (Wildman–Crippen MR) is 102 cm³/mol. The summed E-state index contributed by atoms with van der Waals surface area (Å²) >= 11 is 0. The first kappa shape index (κ1) is 17.9. The number of ether oxygens (including phenoxy) is 3. The summed E-state index contributed by atoms with van der Waals surface area (Å²) < 4.78 is 17.2. The Kier molecular flexibility index (Phi) is 6.19. The summed E-state index contributed by atoms with van der Waals surface area (Å²) in [6.07, 6.45) is -0.0651. The lowest BCUT2D eigenvalue weighted by atomic mass is 10.2. The number of benzene rings is 2. The largest absolute Gasteiger partial charge is 0.494 e. The summed E-state index contributed by atoms with van der Waals surface area (Å²) in [5, 5.41) is 6.58. The lowest BCUT2D eigenvalue weighted by Gasteiger charge is -2.27. The van der Waals surface area contributed by atoms with Gasteiger partial charge in [0.05, 0.1) is 13.2 Å². The number of guanidine groups is 1. The maximum atomic E-state index is 5.95. The van der Waals surface area contributed by atoms with Crippen molar-refractivity contribution in [2.75, 3.05) is 26.8 Å². The van der Waals surface area contributed by atoms with E-state index in [4.69, 9.17) is 14.2 Å². The van der Waals surface area contributed by atoms with Crippen molar-refractivity contribution in [3.05, 3.63) is 54.1 Å². The molecule has 26 heavy (non-hydrogen) atoms. The zero-order valence-electron chi connectivity index (χ0n) is 15.2. The van der Waals surface area contributed by atoms with Crippen molar-refractivity contribution >= 4 is 5.96 Å². The van der Waals surface area contributed by atoms with Gasteiger partial charge in [-0.15, -0.1) is 0 Å². The fraction of sp³-hybridized carbons (Fsp3) is 0.350. The number of rotatable bonds is 6. The third-order valence-electron chi connectivity index (χ3n) is 3.96. The van der Waals surface area contributed by atoms with E-state index < -0.39 is 0 Å². The second-order valence-electron chi connectivity index (χ2n) is 5.88. The van der Waals surface area contributed by atoms with Crippen molar-refractivity contribution in [2.24, 2.45) is 4.99 Å². The van der Waals surface area contributed by atoms with Crippen LogP contribution < -0.4 is 24.8 Å². The average Bonchev–Trinajstić information content (AvgIpc) is 2.68. The van der Waals surface area contributed by atoms with Gasteiger partial charge in [-0.2, -0.15) is 0 Å². The molecule has 0 spiro atoms. The lowest BCUT2D eigenvalue weighted by molar-refractivity contribution is 0.0936. The Hall–Kier alpha value is -2.89. The molecule has 1 atom stereocenters. The molecule has 3 rings (SSSR count). The van der Waals surface area contributed by atoms with E-state index in [1.807, 2.05) is 49.4 Å². The molecule has 0 saturated carbocycles. The van der Waals surface area contributed by atoms with Crippen LogP contribution in [0.25, 0.3) is 0 Å². The van der Waals surface area contributed by atoms with Crippen molar-refractivity contribution in [1.82, 2.24) is 10.6 Å². The Morgan fingerprint density at radius 3 is 2.81 bits per heavy atom. The van der Waals surface area contributed by atoms with Crippen LogP contribution in [0.2, 0.25) is 0 Å². The van der Waals surface area contributed by atoms with Crippen LogP contribution in [0, 0.1) is 0 Å². The fourth-order valence-electron chi connectivity index (χ4n) is 2.69. The van der Waals surface area contributed by atoms with Crippen molar-refractivity contribution < 1.29 is 14.2 Å². The van der Waals surface area contributed by atoms with E-state index in [0.717, 1.165) is 22.8 Å². The zero-order valence-corrected chi connectivity index (χ0v) is 15.2. The highest BCUT2D eigenvalue weighted by Gasteiger charge is 2.20. The first-order valence-electron chi connectivity index (χ1n) is 8.83. The third kappa shape index (κ3) is 4.81. The smallest absolute Gasteiger partial charge is 0.191 e. The summed E-state index contributed by atoms with van der Waals surface area (Å²) in [5.74, 6) is 3.16. The number of hydrogen-bond donors (Lipinski definition) is 2. The minimum atomic E-state index is -0.0651. The van der Waals surface area contributed by atoms with E-state index in [1.54, 1.807) is 7.05 Å². The van der Waals surface area contributed by atoms with E-state index in [9.17, 15) is 0 Å². The molecule has 2 N–H and O–H groups in total. The molecule has 138 valence electrons. The molecule has 0 amide bonds. The van der Waals surface area contributed by atoms with Gasteiger partial charge in [0, 0.05) is 13.6 Å². The molecular weight excluding hydrogens is 330 g/mol. The van der Waals surface area contributed by atoms with Crippen molar-refractivity contribution in [3.8, 4) is 17.2 Å². The van der Waals surface area contributed by atoms with E-state index in [2.05, 4.69) is 21.7 Å². The number of nitrogens with zero attached hydrogens (tertiary/aromatic N) is 1. The Morgan fingerprint density at radius 1 is 1.15 bits per heavy atom. The summed E-state index contributed by atoms with van der Waals surface area (Å²) in [4.78, 5) is 4.26. The molecular formula is C20H25N3O3. The van der Waals surface area contributed by atoms with Gasteiger partial charge in [0.15, 0.2) is 17.5 Å². The summed E-state index contributed by atoms with van der Waals surface area (Å²) in [6, 6.07) is 15.7. The number of fused-ring (bicyclic) bond motifs is 1. The van der Waals surface area contributed by atoms with E-state index in [-0.39, 0.29) is 6.10 Å². The molecule has 1 unspecified atom stereocenters. The van der Waals surface area contributed by atoms with Crippen LogP contribution in [-0.2, 0) is 6.54 Å². The van der Waals surface area contributed by atoms with Crippen molar-refractivity contribution in [3.63, 3.8) is 0 Å². The highest BCUT2D eigenvalue weighted by atomic mass is 16.6. The SMILES string of the molecule is CCOc1cccc(CNC(=NC)NCC2COc3ccccc3O2)c1. The van der Waals surface area contributed by atoms with Crippen LogP contribution in [0.4, 0.5) is 0 Å². The van der Waals surface area contributed by atoms with Gasteiger partial charge in [0.2, 0.25) is 0 Å². The Morgan fingerprint density at radius 2 is 2.00 bits per heavy atom. The van der Waals surface area contributed by atoms with Crippen LogP contribution in [0.5, 0.6) is 17.2 Å². The quantitative estimate of drug-likeness (QED) is 0.616. The number of nitrogens with one attached hydrogen (secondary N) is 2. The third-order valence-corrected chi connectivity index (χ3v) is 3.96. The molecule has 0 saturated heterocycles. The van der Waals surface area contributed by atoms with Gasteiger partial charge >= 0.3 is 0 Å². The van der Waals surface area contributed by atoms with Gasteiger partial charge in [0.25, 0.3) is 0 Å². The summed E-state index contributed by atoms with van der Waals surface area (Å²) in [5.41, 5.74) is 1.13. The van der Waals surface area contributed by atoms with Gasteiger partial charge in [-0.25, -0.2) is 0 Å². The lowest BCUT2D eigenvalue weighted by Crippen LogP contribution is -2.45. The minimum absolute atomic E-state index is 0.0651. The molecule has 1 aliphatic rings. The molecule has 2 aromatic carbocycles. The van der Waals surface area contributed by atoms with Crippen LogP contribution in [0.3, 0.4) is 0 Å². The second-order valence-corrected chi connectivity index (χ2v) is 5.88. The molecule has 6 heteroatoms. The minimum Gasteiger partial charge on any atom is -0.494 e. The number of para-hydroxylation sites is 2. The van der Waals surface area contributed by atoms with Gasteiger partial charge in [-0.05, 0) is 36.8 Å². The summed E-state index contributed by atoms with van der Waals surface area (Å²) in [7, 11) is 1.75. The van der Waals surface area contributed by atoms with Gasteiger partial charge in [0.1, 0.15) is 18.5 Å². The van der Waals surface area contributed by atoms with Gasteiger partial charge < -0.3 is 24.8 Å². The van der Waals surface area contributed by atoms with Gasteiger partial charge in [-0.1, -0.05) is 24.3 Å². The molecule has 0 bridgehead atoms. The number of hydrogen-bond acceptors (Lipinski definition) is 4. The Balaban J connectivity index is 1.47. The molecule has 1 aliphatic heterocycles. The predicted octanol–water partition coefficient (Wildman–Crippen LogP) is 2.59. The maximum absolute atomic E-state index is 5.95. The first-order valence-corrected chi connectivity index (χ1v) is 8.83. The van der Waals surface area contributed by atoms with E-state index >= 15 is 0 Å². The molecule has 0 fully saturated rings. The highest BCUT2D eigenvalue weighted by Crippen LogP contribution is 2.30. The molecule has 1 heterocycles. The zero-order chi connectivity index (χ0) is 18.2. The topological polar surface area (TPSA) is 64.1 Å². The average molecular weight is 355 g/mol. The fourth-order valence-corrected chi connectivity index (χ4v) is 2.69. The molecule has 0 radical (unpaired) electrons. The van der Waals surface area contributed by atoms with Crippen LogP contribution in [0.1, 0.15) is 12.5 Å².